The zero-order valence-corrected chi connectivity index (χ0v) is 11.8. The van der Waals surface area contributed by atoms with Gasteiger partial charge in [0.1, 0.15) is 0 Å². The van der Waals surface area contributed by atoms with Crippen LogP contribution in [0.3, 0.4) is 0 Å². The summed E-state index contributed by atoms with van der Waals surface area (Å²) < 4.78 is 0. The summed E-state index contributed by atoms with van der Waals surface area (Å²) in [7, 11) is 0. The molecule has 1 aromatic carbocycles. The van der Waals surface area contributed by atoms with Gasteiger partial charge in [0.05, 0.1) is 0 Å². The molecular formula is C16H26N2. The Morgan fingerprint density at radius 3 is 2.33 bits per heavy atom. The predicted octanol–water partition coefficient (Wildman–Crippen LogP) is 2.65. The Morgan fingerprint density at radius 1 is 1.11 bits per heavy atom. The highest BCUT2D eigenvalue weighted by Crippen LogP contribution is 2.47. The molecule has 1 fully saturated rings. The maximum absolute atomic E-state index is 3.64. The van der Waals surface area contributed by atoms with E-state index < -0.39 is 0 Å². The van der Waals surface area contributed by atoms with Crippen molar-refractivity contribution < 1.29 is 0 Å². The summed E-state index contributed by atoms with van der Waals surface area (Å²) in [4.78, 5) is 2.47. The first kappa shape index (κ1) is 13.6. The molecule has 0 unspecified atom stereocenters. The average Bonchev–Trinajstić information content (AvgIpc) is 3.21. The number of rotatable bonds is 8. The van der Waals surface area contributed by atoms with Crippen molar-refractivity contribution >= 4 is 0 Å². The standard InChI is InChI=1S/C16H26N2/c1-3-18(4-2)13-12-17-14-16(10-11-16)15-8-6-5-7-9-15/h5-9,17H,3-4,10-14H2,1-2H3. The van der Waals surface area contributed by atoms with Crippen molar-refractivity contribution in [3.63, 3.8) is 0 Å². The summed E-state index contributed by atoms with van der Waals surface area (Å²) in [6.07, 6.45) is 2.69. The van der Waals surface area contributed by atoms with Gasteiger partial charge >= 0.3 is 0 Å². The molecule has 1 saturated carbocycles. The van der Waals surface area contributed by atoms with Crippen LogP contribution in [0.25, 0.3) is 0 Å². The van der Waals surface area contributed by atoms with Gasteiger partial charge in [0, 0.05) is 25.0 Å². The molecule has 0 spiro atoms. The molecule has 0 heterocycles. The van der Waals surface area contributed by atoms with Gasteiger partial charge in [0.15, 0.2) is 0 Å². The minimum atomic E-state index is 0.449. The molecule has 1 aliphatic rings. The van der Waals surface area contributed by atoms with Gasteiger partial charge in [-0.15, -0.1) is 0 Å². The van der Waals surface area contributed by atoms with E-state index in [2.05, 4.69) is 54.4 Å². The molecule has 100 valence electrons. The normalized spacial score (nSPS) is 17.1. The highest BCUT2D eigenvalue weighted by atomic mass is 15.1. The third kappa shape index (κ3) is 3.33. The minimum absolute atomic E-state index is 0.449. The number of hydrogen-bond donors (Lipinski definition) is 1. The van der Waals surface area contributed by atoms with Crippen LogP contribution >= 0.6 is 0 Å². The van der Waals surface area contributed by atoms with Crippen molar-refractivity contribution in [1.29, 1.82) is 0 Å². The minimum Gasteiger partial charge on any atom is -0.315 e. The van der Waals surface area contributed by atoms with Crippen LogP contribution < -0.4 is 5.32 Å². The van der Waals surface area contributed by atoms with Crippen molar-refractivity contribution in [2.24, 2.45) is 0 Å². The lowest BCUT2D eigenvalue weighted by Gasteiger charge is -2.20. The summed E-state index contributed by atoms with van der Waals surface area (Å²) in [6.45, 7) is 10.2. The second-order valence-corrected chi connectivity index (χ2v) is 5.35. The van der Waals surface area contributed by atoms with E-state index in [0.29, 0.717) is 5.41 Å². The maximum atomic E-state index is 3.64. The van der Waals surface area contributed by atoms with E-state index in [1.807, 2.05) is 0 Å². The van der Waals surface area contributed by atoms with Crippen LogP contribution in [0.5, 0.6) is 0 Å². The molecule has 0 amide bonds. The van der Waals surface area contributed by atoms with E-state index >= 15 is 0 Å². The van der Waals surface area contributed by atoms with Crippen LogP contribution in [0.1, 0.15) is 32.3 Å². The average molecular weight is 246 g/mol. The highest BCUT2D eigenvalue weighted by molar-refractivity contribution is 5.31. The van der Waals surface area contributed by atoms with Crippen LogP contribution in [0.4, 0.5) is 0 Å². The number of likely N-dealkylation sites (N-methyl/N-ethyl adjacent to an activating group) is 1. The molecule has 18 heavy (non-hydrogen) atoms. The third-order valence-corrected chi connectivity index (χ3v) is 4.20. The van der Waals surface area contributed by atoms with E-state index in [1.54, 1.807) is 0 Å². The van der Waals surface area contributed by atoms with Gasteiger partial charge in [0.2, 0.25) is 0 Å². The first-order valence-electron chi connectivity index (χ1n) is 7.29. The monoisotopic (exact) mass is 246 g/mol. The number of nitrogens with zero attached hydrogens (tertiary/aromatic N) is 1. The van der Waals surface area contributed by atoms with E-state index in [1.165, 1.54) is 18.4 Å². The lowest BCUT2D eigenvalue weighted by Crippen LogP contribution is -2.35. The van der Waals surface area contributed by atoms with Crippen LogP contribution in [0.2, 0.25) is 0 Å². The first-order valence-corrected chi connectivity index (χ1v) is 7.29. The van der Waals surface area contributed by atoms with Crippen molar-refractivity contribution in [2.75, 3.05) is 32.7 Å². The molecule has 0 aliphatic heterocycles. The number of benzene rings is 1. The largest absolute Gasteiger partial charge is 0.315 e. The van der Waals surface area contributed by atoms with Crippen LogP contribution in [-0.4, -0.2) is 37.6 Å². The SMILES string of the molecule is CCN(CC)CCNCC1(c2ccccc2)CC1. The quantitative estimate of drug-likeness (QED) is 0.709. The summed E-state index contributed by atoms with van der Waals surface area (Å²) >= 11 is 0. The predicted molar refractivity (Wildman–Crippen MR) is 78.0 cm³/mol. The van der Waals surface area contributed by atoms with E-state index in [0.717, 1.165) is 32.7 Å². The number of hydrogen-bond acceptors (Lipinski definition) is 2. The van der Waals surface area contributed by atoms with Gasteiger partial charge in [0.25, 0.3) is 0 Å². The fourth-order valence-electron chi connectivity index (χ4n) is 2.61. The third-order valence-electron chi connectivity index (χ3n) is 4.20. The maximum Gasteiger partial charge on any atom is 0.0107 e. The topological polar surface area (TPSA) is 15.3 Å². The van der Waals surface area contributed by atoms with Crippen LogP contribution in [0, 0.1) is 0 Å². The first-order chi connectivity index (χ1) is 8.80. The fraction of sp³-hybridized carbons (Fsp3) is 0.625. The molecule has 1 N–H and O–H groups in total. The Hall–Kier alpha value is -0.860. The van der Waals surface area contributed by atoms with Crippen molar-refractivity contribution in [3.05, 3.63) is 35.9 Å². The summed E-state index contributed by atoms with van der Waals surface area (Å²) in [6, 6.07) is 11.0. The van der Waals surface area contributed by atoms with E-state index in [4.69, 9.17) is 0 Å². The molecule has 1 aliphatic carbocycles. The van der Waals surface area contributed by atoms with E-state index in [9.17, 15) is 0 Å². The smallest absolute Gasteiger partial charge is 0.0107 e. The Bertz CT molecular complexity index is 339. The summed E-state index contributed by atoms with van der Waals surface area (Å²) in [5.74, 6) is 0. The van der Waals surface area contributed by atoms with Gasteiger partial charge in [-0.1, -0.05) is 44.2 Å². The zero-order chi connectivity index (χ0) is 12.8. The molecule has 1 aromatic rings. The Morgan fingerprint density at radius 2 is 1.78 bits per heavy atom. The Balaban J connectivity index is 1.74. The van der Waals surface area contributed by atoms with Crippen molar-refractivity contribution in [3.8, 4) is 0 Å². The molecule has 2 heteroatoms. The summed E-state index contributed by atoms with van der Waals surface area (Å²) in [5.41, 5.74) is 1.96. The molecule has 0 saturated heterocycles. The van der Waals surface area contributed by atoms with Gasteiger partial charge in [-0.25, -0.2) is 0 Å². The second-order valence-electron chi connectivity index (χ2n) is 5.35. The lowest BCUT2D eigenvalue weighted by molar-refractivity contribution is 0.301. The van der Waals surface area contributed by atoms with E-state index in [-0.39, 0.29) is 0 Å². The molecule has 0 bridgehead atoms. The molecule has 2 nitrogen and oxygen atoms in total. The Kier molecular flexibility index (Phi) is 4.79. The lowest BCUT2D eigenvalue weighted by atomic mass is 9.96. The molecular weight excluding hydrogens is 220 g/mol. The van der Waals surface area contributed by atoms with Crippen molar-refractivity contribution in [2.45, 2.75) is 32.1 Å². The van der Waals surface area contributed by atoms with Gasteiger partial charge < -0.3 is 10.2 Å². The molecule has 0 aromatic heterocycles. The van der Waals surface area contributed by atoms with Crippen LogP contribution in [-0.2, 0) is 5.41 Å². The van der Waals surface area contributed by atoms with Crippen LogP contribution in [0.15, 0.2) is 30.3 Å². The Labute approximate surface area is 111 Å². The van der Waals surface area contributed by atoms with Crippen molar-refractivity contribution in [1.82, 2.24) is 10.2 Å². The van der Waals surface area contributed by atoms with Gasteiger partial charge in [-0.2, -0.15) is 0 Å². The number of nitrogens with one attached hydrogen (secondary N) is 1. The van der Waals surface area contributed by atoms with Gasteiger partial charge in [-0.05, 0) is 31.5 Å². The molecule has 0 radical (unpaired) electrons. The molecule has 2 rings (SSSR count). The summed E-state index contributed by atoms with van der Waals surface area (Å²) in [5, 5.41) is 3.64. The zero-order valence-electron chi connectivity index (χ0n) is 11.8. The fourth-order valence-corrected chi connectivity index (χ4v) is 2.61. The van der Waals surface area contributed by atoms with Gasteiger partial charge in [-0.3, -0.25) is 0 Å². The highest BCUT2D eigenvalue weighted by Gasteiger charge is 2.43. The second kappa shape index (κ2) is 6.35. The molecule has 0 atom stereocenters.